The molecular formula is C15H22O4. The van der Waals surface area contributed by atoms with Gasteiger partial charge in [-0.15, -0.1) is 0 Å². The van der Waals surface area contributed by atoms with Gasteiger partial charge in [-0.1, -0.05) is 6.58 Å². The lowest BCUT2D eigenvalue weighted by molar-refractivity contribution is -0.157. The second-order valence-corrected chi connectivity index (χ2v) is 6.74. The predicted octanol–water partition coefficient (Wildman–Crippen LogP) is 1.41. The molecule has 2 N–H and O–H groups in total. The number of hydrogen-bond acceptors (Lipinski definition) is 4. The number of rotatable bonds is 4. The summed E-state index contributed by atoms with van der Waals surface area (Å²) in [5, 5.41) is 21.4. The van der Waals surface area contributed by atoms with E-state index < -0.39 is 17.2 Å². The van der Waals surface area contributed by atoms with Crippen LogP contribution in [0.4, 0.5) is 0 Å². The zero-order valence-corrected chi connectivity index (χ0v) is 11.2. The third-order valence-electron chi connectivity index (χ3n) is 5.17. The fourth-order valence-corrected chi connectivity index (χ4v) is 4.46. The van der Waals surface area contributed by atoms with Crippen molar-refractivity contribution in [2.75, 3.05) is 6.61 Å². The Labute approximate surface area is 113 Å². The van der Waals surface area contributed by atoms with Crippen LogP contribution in [0, 0.1) is 17.8 Å². The molecule has 0 aliphatic heterocycles. The zero-order chi connectivity index (χ0) is 13.7. The number of esters is 1. The molecule has 106 valence electrons. The van der Waals surface area contributed by atoms with Crippen LogP contribution in [-0.2, 0) is 9.53 Å². The lowest BCUT2D eigenvalue weighted by Crippen LogP contribution is -2.52. The average molecular weight is 266 g/mol. The van der Waals surface area contributed by atoms with Crippen molar-refractivity contribution in [3.05, 3.63) is 12.7 Å². The van der Waals surface area contributed by atoms with E-state index in [1.807, 2.05) is 0 Å². The first kappa shape index (κ1) is 13.1. The molecule has 5 atom stereocenters. The molecule has 4 heteroatoms. The summed E-state index contributed by atoms with van der Waals surface area (Å²) in [4.78, 5) is 11.0. The Morgan fingerprint density at radius 3 is 2.89 bits per heavy atom. The van der Waals surface area contributed by atoms with Gasteiger partial charge in [0.15, 0.2) is 0 Å². The summed E-state index contributed by atoms with van der Waals surface area (Å²) in [6.07, 6.45) is 5.79. The molecule has 3 fully saturated rings. The van der Waals surface area contributed by atoms with Gasteiger partial charge in [-0.25, -0.2) is 4.79 Å². The van der Waals surface area contributed by atoms with Gasteiger partial charge in [0, 0.05) is 18.9 Å². The maximum absolute atomic E-state index is 11.0. The van der Waals surface area contributed by atoms with E-state index in [0.717, 1.165) is 31.8 Å². The van der Waals surface area contributed by atoms with Crippen LogP contribution in [-0.4, -0.2) is 34.0 Å². The van der Waals surface area contributed by atoms with E-state index in [0.29, 0.717) is 30.6 Å². The van der Waals surface area contributed by atoms with Gasteiger partial charge in [-0.3, -0.25) is 0 Å². The van der Waals surface area contributed by atoms with Crippen molar-refractivity contribution in [3.8, 4) is 0 Å². The van der Waals surface area contributed by atoms with Crippen LogP contribution in [0.1, 0.15) is 38.5 Å². The first-order chi connectivity index (χ1) is 8.94. The maximum atomic E-state index is 11.0. The standard InChI is InChI=1S/C15H22O4/c1-2-13(16)19-4-3-14(17)7-10-5-11-6-12(11)15(18,8-10)9-14/h2,10-12,17-18H,1,3-9H2. The van der Waals surface area contributed by atoms with Crippen LogP contribution in [0.25, 0.3) is 0 Å². The Morgan fingerprint density at radius 2 is 2.16 bits per heavy atom. The number of fused-ring (bicyclic) bond motifs is 4. The molecular weight excluding hydrogens is 244 g/mol. The molecule has 3 saturated carbocycles. The summed E-state index contributed by atoms with van der Waals surface area (Å²) in [5.41, 5.74) is -1.56. The largest absolute Gasteiger partial charge is 0.462 e. The van der Waals surface area contributed by atoms with Crippen LogP contribution in [0.2, 0.25) is 0 Å². The highest BCUT2D eigenvalue weighted by molar-refractivity contribution is 5.81. The summed E-state index contributed by atoms with van der Waals surface area (Å²) in [7, 11) is 0. The molecule has 0 aromatic heterocycles. The van der Waals surface area contributed by atoms with E-state index in [1.165, 1.54) is 0 Å². The van der Waals surface area contributed by atoms with E-state index >= 15 is 0 Å². The first-order valence-electron chi connectivity index (χ1n) is 7.18. The van der Waals surface area contributed by atoms with Crippen molar-refractivity contribution in [3.63, 3.8) is 0 Å². The fourth-order valence-electron chi connectivity index (χ4n) is 4.46. The van der Waals surface area contributed by atoms with E-state index in [4.69, 9.17) is 4.74 Å². The molecule has 0 radical (unpaired) electrons. The first-order valence-corrected chi connectivity index (χ1v) is 7.18. The Kier molecular flexibility index (Phi) is 2.98. The molecule has 0 spiro atoms. The van der Waals surface area contributed by atoms with Crippen molar-refractivity contribution in [2.24, 2.45) is 17.8 Å². The monoisotopic (exact) mass is 266 g/mol. The molecule has 0 heterocycles. The minimum atomic E-state index is -0.882. The van der Waals surface area contributed by atoms with Gasteiger partial charge in [0.05, 0.1) is 17.8 Å². The summed E-state index contributed by atoms with van der Waals surface area (Å²) in [5.74, 6) is 1.04. The van der Waals surface area contributed by atoms with Crippen LogP contribution in [0.3, 0.4) is 0 Å². The SMILES string of the molecule is C=CC(=O)OCCC1(O)CC2CC3CC3C(O)(C2)C1. The topological polar surface area (TPSA) is 66.8 Å². The number of ether oxygens (including phenoxy) is 1. The van der Waals surface area contributed by atoms with Crippen molar-refractivity contribution in [1.82, 2.24) is 0 Å². The Balaban J connectivity index is 1.61. The number of carbonyl (C=O) groups excluding carboxylic acids is 1. The summed E-state index contributed by atoms with van der Waals surface area (Å²) in [6.45, 7) is 3.53. The third kappa shape index (κ3) is 2.43. The fraction of sp³-hybridized carbons (Fsp3) is 0.800. The lowest BCUT2D eigenvalue weighted by Gasteiger charge is -2.49. The Bertz CT molecular complexity index is 407. The quantitative estimate of drug-likeness (QED) is 0.596. The molecule has 4 nitrogen and oxygen atoms in total. The molecule has 0 aromatic rings. The average Bonchev–Trinajstić information content (AvgIpc) is 3.07. The molecule has 0 saturated heterocycles. The van der Waals surface area contributed by atoms with Crippen molar-refractivity contribution >= 4 is 5.97 Å². The summed E-state index contributed by atoms with van der Waals surface area (Å²) >= 11 is 0. The molecule has 0 aromatic carbocycles. The smallest absolute Gasteiger partial charge is 0.330 e. The van der Waals surface area contributed by atoms with Gasteiger partial charge in [0.25, 0.3) is 0 Å². The minimum absolute atomic E-state index is 0.193. The third-order valence-corrected chi connectivity index (χ3v) is 5.17. The number of carbonyl (C=O) groups is 1. The van der Waals surface area contributed by atoms with Gasteiger partial charge in [-0.2, -0.15) is 0 Å². The van der Waals surface area contributed by atoms with Crippen molar-refractivity contribution in [2.45, 2.75) is 49.7 Å². The Hall–Kier alpha value is -0.870. The molecule has 3 rings (SSSR count). The second-order valence-electron chi connectivity index (χ2n) is 6.74. The highest BCUT2D eigenvalue weighted by Gasteiger charge is 2.61. The molecule has 3 aliphatic carbocycles. The van der Waals surface area contributed by atoms with E-state index in [1.54, 1.807) is 0 Å². The van der Waals surface area contributed by atoms with Crippen molar-refractivity contribution < 1.29 is 19.7 Å². The van der Waals surface area contributed by atoms with Crippen LogP contribution < -0.4 is 0 Å². The molecule has 19 heavy (non-hydrogen) atoms. The van der Waals surface area contributed by atoms with E-state index in [9.17, 15) is 15.0 Å². The van der Waals surface area contributed by atoms with Gasteiger partial charge in [0.1, 0.15) is 0 Å². The molecule has 3 aliphatic rings. The van der Waals surface area contributed by atoms with Crippen molar-refractivity contribution in [1.29, 1.82) is 0 Å². The maximum Gasteiger partial charge on any atom is 0.330 e. The molecule has 5 unspecified atom stereocenters. The zero-order valence-electron chi connectivity index (χ0n) is 11.2. The van der Waals surface area contributed by atoms with Gasteiger partial charge < -0.3 is 14.9 Å². The van der Waals surface area contributed by atoms with Gasteiger partial charge in [0.2, 0.25) is 0 Å². The number of aliphatic hydroxyl groups is 2. The molecule has 2 bridgehead atoms. The van der Waals surface area contributed by atoms with Crippen LogP contribution in [0.5, 0.6) is 0 Å². The predicted molar refractivity (Wildman–Crippen MR) is 69.2 cm³/mol. The summed E-state index contributed by atoms with van der Waals surface area (Å²) in [6, 6.07) is 0. The normalized spacial score (nSPS) is 47.2. The van der Waals surface area contributed by atoms with Crippen LogP contribution >= 0.6 is 0 Å². The lowest BCUT2D eigenvalue weighted by atomic mass is 9.62. The molecule has 0 amide bonds. The Morgan fingerprint density at radius 1 is 1.37 bits per heavy atom. The van der Waals surface area contributed by atoms with E-state index in [2.05, 4.69) is 6.58 Å². The van der Waals surface area contributed by atoms with Crippen LogP contribution in [0.15, 0.2) is 12.7 Å². The number of hydrogen-bond donors (Lipinski definition) is 2. The van der Waals surface area contributed by atoms with Gasteiger partial charge in [-0.05, 0) is 43.4 Å². The minimum Gasteiger partial charge on any atom is -0.462 e. The summed E-state index contributed by atoms with van der Waals surface area (Å²) < 4.78 is 4.95. The van der Waals surface area contributed by atoms with Gasteiger partial charge >= 0.3 is 5.97 Å². The highest BCUT2D eigenvalue weighted by Crippen LogP contribution is 2.62. The highest BCUT2D eigenvalue weighted by atomic mass is 16.5. The second kappa shape index (κ2) is 4.32. The van der Waals surface area contributed by atoms with E-state index in [-0.39, 0.29) is 6.61 Å².